The molecule has 0 aromatic carbocycles. The summed E-state index contributed by atoms with van der Waals surface area (Å²) in [5.74, 6) is 0.827. The van der Waals surface area contributed by atoms with Crippen LogP contribution in [0.1, 0.15) is 59.3 Å². The number of hydrogen-bond acceptors (Lipinski definition) is 3. The summed E-state index contributed by atoms with van der Waals surface area (Å²) in [7, 11) is 0. The van der Waals surface area contributed by atoms with Crippen molar-refractivity contribution in [3.63, 3.8) is 0 Å². The molecule has 3 atom stereocenters. The number of amides is 1. The Morgan fingerprint density at radius 3 is 2.45 bits per heavy atom. The minimum Gasteiger partial charge on any atom is -0.396 e. The van der Waals surface area contributed by atoms with Gasteiger partial charge in [0.1, 0.15) is 0 Å². The summed E-state index contributed by atoms with van der Waals surface area (Å²) in [6.45, 7) is 7.34. The average Bonchev–Trinajstić information content (AvgIpc) is 2.34. The highest BCUT2D eigenvalue weighted by Crippen LogP contribution is 2.29. The zero-order valence-electron chi connectivity index (χ0n) is 13.3. The first kappa shape index (κ1) is 17.4. The van der Waals surface area contributed by atoms with Crippen LogP contribution in [-0.2, 0) is 4.79 Å². The van der Waals surface area contributed by atoms with Crippen molar-refractivity contribution in [2.75, 3.05) is 13.2 Å². The van der Waals surface area contributed by atoms with Crippen LogP contribution in [0, 0.1) is 17.3 Å². The molecule has 0 aromatic heterocycles. The maximum absolute atomic E-state index is 11.9. The summed E-state index contributed by atoms with van der Waals surface area (Å²) in [6.07, 6.45) is 5.85. The number of nitrogens with two attached hydrogens (primary N) is 1. The lowest BCUT2D eigenvalue weighted by atomic mass is 9.79. The fourth-order valence-corrected chi connectivity index (χ4v) is 3.21. The van der Waals surface area contributed by atoms with E-state index in [0.29, 0.717) is 24.8 Å². The fraction of sp³-hybridized carbons (Fsp3) is 0.938. The van der Waals surface area contributed by atoms with E-state index in [-0.39, 0.29) is 24.0 Å². The van der Waals surface area contributed by atoms with Crippen LogP contribution in [0.25, 0.3) is 0 Å². The second kappa shape index (κ2) is 7.99. The molecule has 3 unspecified atom stereocenters. The molecular formula is C16H32N2O2. The van der Waals surface area contributed by atoms with Crippen LogP contribution >= 0.6 is 0 Å². The van der Waals surface area contributed by atoms with Crippen LogP contribution in [0.15, 0.2) is 0 Å². The van der Waals surface area contributed by atoms with Gasteiger partial charge < -0.3 is 16.2 Å². The molecule has 0 spiro atoms. The van der Waals surface area contributed by atoms with Crippen LogP contribution in [0.4, 0.5) is 0 Å². The largest absolute Gasteiger partial charge is 0.396 e. The van der Waals surface area contributed by atoms with Crippen molar-refractivity contribution < 1.29 is 9.90 Å². The van der Waals surface area contributed by atoms with Gasteiger partial charge in [0, 0.05) is 25.6 Å². The van der Waals surface area contributed by atoms with Crippen LogP contribution < -0.4 is 11.1 Å². The minimum atomic E-state index is -0.0741. The van der Waals surface area contributed by atoms with Crippen LogP contribution in [0.5, 0.6) is 0 Å². The van der Waals surface area contributed by atoms with E-state index in [1.807, 2.05) is 0 Å². The van der Waals surface area contributed by atoms with Crippen molar-refractivity contribution in [3.8, 4) is 0 Å². The lowest BCUT2D eigenvalue weighted by molar-refractivity contribution is -0.121. The molecule has 0 aromatic rings. The van der Waals surface area contributed by atoms with Gasteiger partial charge in [-0.1, -0.05) is 33.6 Å². The summed E-state index contributed by atoms with van der Waals surface area (Å²) in [4.78, 5) is 11.9. The molecule has 4 nitrogen and oxygen atoms in total. The Bertz CT molecular complexity index is 299. The first-order chi connectivity index (χ1) is 9.31. The molecule has 0 saturated heterocycles. The Kier molecular flexibility index (Phi) is 6.96. The highest BCUT2D eigenvalue weighted by molar-refractivity contribution is 5.76. The molecule has 1 aliphatic carbocycles. The number of aliphatic hydroxyl groups is 1. The molecule has 1 saturated carbocycles. The monoisotopic (exact) mass is 284 g/mol. The first-order valence-electron chi connectivity index (χ1n) is 7.95. The molecule has 0 radical (unpaired) electrons. The standard InChI is InChI=1S/C16H32N2O2/c1-16(2,3)9-14(17)8-15(20)18-10-12-6-4-5-7-13(12)11-19/h12-14,19H,4-11,17H2,1-3H3,(H,18,20). The van der Waals surface area contributed by atoms with Gasteiger partial charge in [-0.3, -0.25) is 4.79 Å². The third kappa shape index (κ3) is 6.71. The van der Waals surface area contributed by atoms with Gasteiger partial charge in [-0.2, -0.15) is 0 Å². The number of carbonyl (C=O) groups excluding carboxylic acids is 1. The highest BCUT2D eigenvalue weighted by Gasteiger charge is 2.25. The second-order valence-corrected chi connectivity index (χ2v) is 7.52. The molecule has 0 bridgehead atoms. The summed E-state index contributed by atoms with van der Waals surface area (Å²) < 4.78 is 0. The van der Waals surface area contributed by atoms with Crippen molar-refractivity contribution in [1.29, 1.82) is 0 Å². The molecule has 1 fully saturated rings. The fourth-order valence-electron chi connectivity index (χ4n) is 3.21. The molecular weight excluding hydrogens is 252 g/mol. The maximum Gasteiger partial charge on any atom is 0.221 e. The number of aliphatic hydroxyl groups excluding tert-OH is 1. The van der Waals surface area contributed by atoms with Gasteiger partial charge in [-0.25, -0.2) is 0 Å². The van der Waals surface area contributed by atoms with E-state index in [0.717, 1.165) is 19.3 Å². The molecule has 4 N–H and O–H groups in total. The lowest BCUT2D eigenvalue weighted by Gasteiger charge is -2.30. The van der Waals surface area contributed by atoms with Gasteiger partial charge in [-0.15, -0.1) is 0 Å². The van der Waals surface area contributed by atoms with Gasteiger partial charge in [-0.05, 0) is 36.5 Å². The van der Waals surface area contributed by atoms with Crippen molar-refractivity contribution in [3.05, 3.63) is 0 Å². The van der Waals surface area contributed by atoms with E-state index in [9.17, 15) is 9.90 Å². The number of rotatable bonds is 6. The minimum absolute atomic E-state index is 0.0454. The molecule has 0 aliphatic heterocycles. The molecule has 4 heteroatoms. The molecule has 1 aliphatic rings. The van der Waals surface area contributed by atoms with Gasteiger partial charge in [0.05, 0.1) is 0 Å². The Balaban J connectivity index is 2.28. The zero-order valence-corrected chi connectivity index (χ0v) is 13.3. The third-order valence-electron chi connectivity index (χ3n) is 4.18. The van der Waals surface area contributed by atoms with Gasteiger partial charge >= 0.3 is 0 Å². The third-order valence-corrected chi connectivity index (χ3v) is 4.18. The van der Waals surface area contributed by atoms with Gasteiger partial charge in [0.15, 0.2) is 0 Å². The number of carbonyl (C=O) groups is 1. The van der Waals surface area contributed by atoms with E-state index in [1.165, 1.54) is 12.8 Å². The Morgan fingerprint density at radius 2 is 1.90 bits per heavy atom. The van der Waals surface area contributed by atoms with Crippen LogP contribution in [-0.4, -0.2) is 30.2 Å². The maximum atomic E-state index is 11.9. The quantitative estimate of drug-likeness (QED) is 0.699. The predicted octanol–water partition coefficient (Wildman–Crippen LogP) is 2.05. The number of hydrogen-bond donors (Lipinski definition) is 3. The first-order valence-corrected chi connectivity index (χ1v) is 7.95. The second-order valence-electron chi connectivity index (χ2n) is 7.52. The molecule has 1 rings (SSSR count). The topological polar surface area (TPSA) is 75.4 Å². The van der Waals surface area contributed by atoms with Crippen molar-refractivity contribution in [2.24, 2.45) is 23.0 Å². The molecule has 118 valence electrons. The normalized spacial score (nSPS) is 25.2. The Labute approximate surface area is 123 Å². The van der Waals surface area contributed by atoms with Crippen molar-refractivity contribution in [2.45, 2.75) is 65.3 Å². The average molecular weight is 284 g/mol. The van der Waals surface area contributed by atoms with E-state index < -0.39 is 0 Å². The Hall–Kier alpha value is -0.610. The molecule has 1 amide bonds. The lowest BCUT2D eigenvalue weighted by Crippen LogP contribution is -2.38. The SMILES string of the molecule is CC(C)(C)CC(N)CC(=O)NCC1CCCCC1CO. The van der Waals surface area contributed by atoms with Crippen LogP contribution in [0.3, 0.4) is 0 Å². The van der Waals surface area contributed by atoms with E-state index in [1.54, 1.807) is 0 Å². The summed E-state index contributed by atoms with van der Waals surface area (Å²) in [6, 6.07) is -0.0741. The summed E-state index contributed by atoms with van der Waals surface area (Å²) >= 11 is 0. The van der Waals surface area contributed by atoms with Crippen LogP contribution in [0.2, 0.25) is 0 Å². The Morgan fingerprint density at radius 1 is 1.30 bits per heavy atom. The summed E-state index contributed by atoms with van der Waals surface area (Å²) in [5.41, 5.74) is 6.18. The predicted molar refractivity (Wildman–Crippen MR) is 82.2 cm³/mol. The summed E-state index contributed by atoms with van der Waals surface area (Å²) in [5, 5.41) is 12.4. The van der Waals surface area contributed by atoms with Gasteiger partial charge in [0.2, 0.25) is 5.91 Å². The van der Waals surface area contributed by atoms with Gasteiger partial charge in [0.25, 0.3) is 0 Å². The van der Waals surface area contributed by atoms with E-state index in [2.05, 4.69) is 26.1 Å². The van der Waals surface area contributed by atoms with E-state index >= 15 is 0 Å². The van der Waals surface area contributed by atoms with Crippen molar-refractivity contribution in [1.82, 2.24) is 5.32 Å². The van der Waals surface area contributed by atoms with E-state index in [4.69, 9.17) is 5.73 Å². The molecule has 20 heavy (non-hydrogen) atoms. The number of nitrogens with one attached hydrogen (secondary N) is 1. The highest BCUT2D eigenvalue weighted by atomic mass is 16.3. The van der Waals surface area contributed by atoms with Crippen molar-refractivity contribution >= 4 is 5.91 Å². The molecule has 0 heterocycles. The smallest absolute Gasteiger partial charge is 0.221 e. The zero-order chi connectivity index (χ0) is 15.2.